The van der Waals surface area contributed by atoms with Gasteiger partial charge in [0.2, 0.25) is 0 Å². The van der Waals surface area contributed by atoms with Crippen LogP contribution in [0.2, 0.25) is 0 Å². The molecule has 0 amide bonds. The predicted octanol–water partition coefficient (Wildman–Crippen LogP) is 12.7. The highest BCUT2D eigenvalue weighted by molar-refractivity contribution is 6.03. The lowest BCUT2D eigenvalue weighted by Gasteiger charge is -2.27. The highest BCUT2D eigenvalue weighted by Crippen LogP contribution is 2.39. The number of rotatable bonds is 9. The van der Waals surface area contributed by atoms with Gasteiger partial charge in [-0.25, -0.2) is 0 Å². The maximum atomic E-state index is 2.38. The fourth-order valence-corrected chi connectivity index (χ4v) is 6.17. The molecule has 0 aromatic heterocycles. The van der Waals surface area contributed by atoms with Crippen LogP contribution in [0.15, 0.2) is 182 Å². The third-order valence-corrected chi connectivity index (χ3v) is 8.63. The van der Waals surface area contributed by atoms with E-state index in [0.717, 1.165) is 16.9 Å². The summed E-state index contributed by atoms with van der Waals surface area (Å²) in [4.78, 5) is 2.38. The van der Waals surface area contributed by atoms with Crippen molar-refractivity contribution in [2.75, 3.05) is 4.90 Å². The molecular formula is C47H37N. The van der Waals surface area contributed by atoms with Crippen LogP contribution in [0.1, 0.15) is 38.9 Å². The molecule has 48 heavy (non-hydrogen) atoms. The minimum Gasteiger partial charge on any atom is -0.316 e. The Kier molecular flexibility index (Phi) is 9.20. The second-order valence-corrected chi connectivity index (χ2v) is 11.9. The van der Waals surface area contributed by atoms with Gasteiger partial charge in [-0.1, -0.05) is 182 Å². The molecule has 0 aliphatic rings. The average molecular weight is 616 g/mol. The van der Waals surface area contributed by atoms with E-state index in [1.165, 1.54) is 49.7 Å². The molecule has 0 aliphatic carbocycles. The van der Waals surface area contributed by atoms with Crippen molar-refractivity contribution in [1.29, 1.82) is 0 Å². The van der Waals surface area contributed by atoms with Crippen molar-refractivity contribution < 1.29 is 0 Å². The van der Waals surface area contributed by atoms with Gasteiger partial charge in [-0.05, 0) is 69.5 Å². The van der Waals surface area contributed by atoms with E-state index in [1.54, 1.807) is 0 Å². The summed E-state index contributed by atoms with van der Waals surface area (Å²) in [5.41, 5.74) is 11.7. The molecular weight excluding hydrogens is 579 g/mol. The average Bonchev–Trinajstić information content (AvgIpc) is 3.15. The monoisotopic (exact) mass is 615 g/mol. The lowest BCUT2D eigenvalue weighted by atomic mass is 9.97. The van der Waals surface area contributed by atoms with Gasteiger partial charge in [-0.3, -0.25) is 0 Å². The Hall–Kier alpha value is -6.18. The van der Waals surface area contributed by atoms with Gasteiger partial charge in [0, 0.05) is 22.8 Å². The molecule has 1 nitrogen and oxygen atoms in total. The summed E-state index contributed by atoms with van der Waals surface area (Å²) in [5, 5.41) is 2.40. The quantitative estimate of drug-likeness (QED) is 0.146. The van der Waals surface area contributed by atoms with E-state index in [4.69, 9.17) is 0 Å². The van der Waals surface area contributed by atoms with Crippen LogP contribution in [0.4, 0.5) is 11.4 Å². The van der Waals surface area contributed by atoms with Gasteiger partial charge in [0.05, 0.1) is 5.69 Å². The summed E-state index contributed by atoms with van der Waals surface area (Å²) >= 11 is 0. The summed E-state index contributed by atoms with van der Waals surface area (Å²) in [6.07, 6.45) is 11.1. The first-order chi connectivity index (χ1) is 23.7. The molecule has 0 fully saturated rings. The Morgan fingerprint density at radius 3 is 1.48 bits per heavy atom. The second-order valence-electron chi connectivity index (χ2n) is 11.9. The summed E-state index contributed by atoms with van der Waals surface area (Å²) in [6.45, 7) is 2.21. The van der Waals surface area contributed by atoms with Crippen LogP contribution in [-0.4, -0.2) is 0 Å². The fraction of sp³-hybridized carbons (Fsp3) is 0.0213. The topological polar surface area (TPSA) is 3.24 Å². The molecule has 0 unspecified atom stereocenters. The Morgan fingerprint density at radius 1 is 0.417 bits per heavy atom. The number of anilines is 2. The van der Waals surface area contributed by atoms with E-state index in [2.05, 4.69) is 212 Å². The standard InChI is InChI=1S/C47H37N/c1-36-34-39(27-26-37-16-6-2-7-17-37)29-32-46(36)48(35-45(40-20-10-4-11-21-40)41-22-12-5-13-23-41)47-33-31-42(43-24-14-15-25-44(43)47)30-28-38-18-8-3-9-19-38/h2-35H,1H3. The van der Waals surface area contributed by atoms with Gasteiger partial charge >= 0.3 is 0 Å². The van der Waals surface area contributed by atoms with Crippen molar-refractivity contribution in [3.05, 3.63) is 221 Å². The van der Waals surface area contributed by atoms with Gasteiger partial charge in [0.1, 0.15) is 0 Å². The van der Waals surface area contributed by atoms with Crippen LogP contribution in [0.5, 0.6) is 0 Å². The third-order valence-electron chi connectivity index (χ3n) is 8.63. The highest BCUT2D eigenvalue weighted by atomic mass is 15.1. The lowest BCUT2D eigenvalue weighted by molar-refractivity contribution is 1.25. The minimum atomic E-state index is 1.13. The van der Waals surface area contributed by atoms with Crippen molar-refractivity contribution in [3.8, 4) is 0 Å². The minimum absolute atomic E-state index is 1.13. The van der Waals surface area contributed by atoms with Crippen LogP contribution in [-0.2, 0) is 0 Å². The summed E-state index contributed by atoms with van der Waals surface area (Å²) in [5.74, 6) is 0. The first-order valence-electron chi connectivity index (χ1n) is 16.4. The molecule has 0 N–H and O–H groups in total. The first-order valence-corrected chi connectivity index (χ1v) is 16.4. The third kappa shape index (κ3) is 6.97. The van der Waals surface area contributed by atoms with Gasteiger partial charge in [0.15, 0.2) is 0 Å². The molecule has 0 radical (unpaired) electrons. The van der Waals surface area contributed by atoms with E-state index >= 15 is 0 Å². The molecule has 1 heteroatoms. The number of hydrogen-bond donors (Lipinski definition) is 0. The van der Waals surface area contributed by atoms with Crippen LogP contribution < -0.4 is 4.90 Å². The Bertz CT molecular complexity index is 2170. The molecule has 0 aliphatic heterocycles. The molecule has 0 heterocycles. The van der Waals surface area contributed by atoms with Crippen molar-refractivity contribution in [3.63, 3.8) is 0 Å². The van der Waals surface area contributed by atoms with Crippen LogP contribution in [0.3, 0.4) is 0 Å². The largest absolute Gasteiger partial charge is 0.316 e. The number of aryl methyl sites for hydroxylation is 1. The van der Waals surface area contributed by atoms with E-state index in [1.807, 2.05) is 6.07 Å². The number of benzene rings is 7. The Balaban J connectivity index is 1.40. The smallest absolute Gasteiger partial charge is 0.0534 e. The Morgan fingerprint density at radius 2 is 0.896 bits per heavy atom. The maximum absolute atomic E-state index is 2.38. The van der Waals surface area contributed by atoms with Crippen molar-refractivity contribution >= 4 is 52.0 Å². The number of hydrogen-bond acceptors (Lipinski definition) is 1. The van der Waals surface area contributed by atoms with Gasteiger partial charge in [0.25, 0.3) is 0 Å². The molecule has 7 rings (SSSR count). The maximum Gasteiger partial charge on any atom is 0.0534 e. The molecule has 0 saturated heterocycles. The van der Waals surface area contributed by atoms with E-state index in [9.17, 15) is 0 Å². The molecule has 0 spiro atoms. The first kappa shape index (κ1) is 30.5. The zero-order chi connectivity index (χ0) is 32.5. The zero-order valence-electron chi connectivity index (χ0n) is 27.1. The number of fused-ring (bicyclic) bond motifs is 1. The van der Waals surface area contributed by atoms with Gasteiger partial charge in [-0.2, -0.15) is 0 Å². The van der Waals surface area contributed by atoms with Crippen molar-refractivity contribution in [1.82, 2.24) is 0 Å². The molecule has 0 atom stereocenters. The van der Waals surface area contributed by atoms with E-state index in [-0.39, 0.29) is 0 Å². The van der Waals surface area contributed by atoms with Gasteiger partial charge < -0.3 is 4.90 Å². The fourth-order valence-electron chi connectivity index (χ4n) is 6.17. The zero-order valence-corrected chi connectivity index (χ0v) is 27.1. The highest BCUT2D eigenvalue weighted by Gasteiger charge is 2.17. The van der Waals surface area contributed by atoms with Crippen LogP contribution in [0.25, 0.3) is 40.6 Å². The molecule has 0 saturated carbocycles. The van der Waals surface area contributed by atoms with Gasteiger partial charge in [-0.15, -0.1) is 0 Å². The van der Waals surface area contributed by atoms with E-state index in [0.29, 0.717) is 0 Å². The lowest BCUT2D eigenvalue weighted by Crippen LogP contribution is -2.12. The van der Waals surface area contributed by atoms with E-state index < -0.39 is 0 Å². The second kappa shape index (κ2) is 14.5. The predicted molar refractivity (Wildman–Crippen MR) is 208 cm³/mol. The summed E-state index contributed by atoms with van der Waals surface area (Å²) in [7, 11) is 0. The molecule has 0 bridgehead atoms. The molecule has 230 valence electrons. The SMILES string of the molecule is Cc1cc(C=Cc2ccccc2)ccc1N(C=C(c1ccccc1)c1ccccc1)c1ccc(C=Cc2ccccc2)c2ccccc12. The number of nitrogens with zero attached hydrogens (tertiary/aromatic N) is 1. The van der Waals surface area contributed by atoms with Crippen LogP contribution >= 0.6 is 0 Å². The molecule has 7 aromatic carbocycles. The Labute approximate surface area is 284 Å². The van der Waals surface area contributed by atoms with Crippen molar-refractivity contribution in [2.45, 2.75) is 6.92 Å². The van der Waals surface area contributed by atoms with Crippen LogP contribution in [0, 0.1) is 6.92 Å². The normalized spacial score (nSPS) is 11.3. The summed E-state index contributed by atoms with van der Waals surface area (Å²) < 4.78 is 0. The summed E-state index contributed by atoms with van der Waals surface area (Å²) in [6, 6.07) is 62.3. The molecule has 7 aromatic rings. The van der Waals surface area contributed by atoms with Crippen molar-refractivity contribution in [2.24, 2.45) is 0 Å².